The van der Waals surface area contributed by atoms with E-state index in [-0.39, 0.29) is 0 Å². The van der Waals surface area contributed by atoms with Gasteiger partial charge >= 0.3 is 0 Å². The first-order valence-electron chi connectivity index (χ1n) is 6.45. The summed E-state index contributed by atoms with van der Waals surface area (Å²) in [5.74, 6) is 1.89. The number of aryl methyl sites for hydroxylation is 1. The second-order valence-electron chi connectivity index (χ2n) is 4.95. The molecular formula is C14H19NO2. The Balaban J connectivity index is 1.88. The topological polar surface area (TPSA) is 30.5 Å². The Bertz CT molecular complexity index is 411. The number of hydrogen-bond donors (Lipinski definition) is 1. The van der Waals surface area contributed by atoms with Crippen LogP contribution in [0.4, 0.5) is 0 Å². The van der Waals surface area contributed by atoms with E-state index in [0.29, 0.717) is 19.3 Å². The molecule has 1 aromatic carbocycles. The van der Waals surface area contributed by atoms with E-state index in [2.05, 4.69) is 24.4 Å². The molecule has 3 nitrogen and oxygen atoms in total. The Labute approximate surface area is 102 Å². The third kappa shape index (κ3) is 2.25. The molecule has 1 N–H and O–H groups in total. The Morgan fingerprint density at radius 2 is 2.18 bits per heavy atom. The van der Waals surface area contributed by atoms with Gasteiger partial charge in [0, 0.05) is 6.04 Å². The average molecular weight is 233 g/mol. The van der Waals surface area contributed by atoms with Crippen LogP contribution in [-0.2, 0) is 6.42 Å². The zero-order valence-electron chi connectivity index (χ0n) is 10.3. The normalized spacial score (nSPS) is 22.8. The second-order valence-corrected chi connectivity index (χ2v) is 4.95. The summed E-state index contributed by atoms with van der Waals surface area (Å²) in [4.78, 5) is 0. The van der Waals surface area contributed by atoms with Crippen LogP contribution < -0.4 is 14.8 Å². The van der Waals surface area contributed by atoms with Gasteiger partial charge in [0.15, 0.2) is 11.5 Å². The van der Waals surface area contributed by atoms with Crippen molar-refractivity contribution in [1.82, 2.24) is 5.32 Å². The van der Waals surface area contributed by atoms with Crippen LogP contribution in [0.5, 0.6) is 11.5 Å². The third-order valence-corrected chi connectivity index (χ3v) is 3.49. The van der Waals surface area contributed by atoms with Gasteiger partial charge in [-0.3, -0.25) is 0 Å². The first kappa shape index (κ1) is 10.9. The predicted molar refractivity (Wildman–Crippen MR) is 66.9 cm³/mol. The SMILES string of the molecule is Cc1cc(CC2CCCN2)c2c(c1)OCCO2. The van der Waals surface area contributed by atoms with Crippen LogP contribution >= 0.6 is 0 Å². The fourth-order valence-electron chi connectivity index (χ4n) is 2.73. The largest absolute Gasteiger partial charge is 0.486 e. The van der Waals surface area contributed by atoms with Crippen LogP contribution in [0.3, 0.4) is 0 Å². The van der Waals surface area contributed by atoms with E-state index in [0.717, 1.165) is 24.5 Å². The number of fused-ring (bicyclic) bond motifs is 1. The Kier molecular flexibility index (Phi) is 2.93. The molecule has 1 unspecified atom stereocenters. The van der Waals surface area contributed by atoms with Crippen molar-refractivity contribution in [3.05, 3.63) is 23.3 Å². The summed E-state index contributed by atoms with van der Waals surface area (Å²) >= 11 is 0. The van der Waals surface area contributed by atoms with E-state index in [9.17, 15) is 0 Å². The lowest BCUT2D eigenvalue weighted by atomic mass is 10.0. The maximum atomic E-state index is 5.77. The molecule has 0 saturated carbocycles. The van der Waals surface area contributed by atoms with Gasteiger partial charge in [-0.15, -0.1) is 0 Å². The Hall–Kier alpha value is -1.22. The summed E-state index contributed by atoms with van der Waals surface area (Å²) in [6.07, 6.45) is 3.60. The predicted octanol–water partition coefficient (Wildman–Crippen LogP) is 2.06. The van der Waals surface area contributed by atoms with Crippen molar-refractivity contribution in [3.8, 4) is 11.5 Å². The number of rotatable bonds is 2. The summed E-state index contributed by atoms with van der Waals surface area (Å²) in [6.45, 7) is 4.60. The van der Waals surface area contributed by atoms with Crippen LogP contribution in [0.2, 0.25) is 0 Å². The second kappa shape index (κ2) is 4.57. The summed E-state index contributed by atoms with van der Waals surface area (Å²) in [7, 11) is 0. The highest BCUT2D eigenvalue weighted by molar-refractivity contribution is 5.50. The lowest BCUT2D eigenvalue weighted by molar-refractivity contribution is 0.169. The molecule has 1 saturated heterocycles. The van der Waals surface area contributed by atoms with Gasteiger partial charge < -0.3 is 14.8 Å². The van der Waals surface area contributed by atoms with E-state index < -0.39 is 0 Å². The smallest absolute Gasteiger partial charge is 0.164 e. The number of nitrogens with one attached hydrogen (secondary N) is 1. The fraction of sp³-hybridized carbons (Fsp3) is 0.571. The van der Waals surface area contributed by atoms with E-state index in [4.69, 9.17) is 9.47 Å². The minimum absolute atomic E-state index is 0.603. The first-order chi connectivity index (χ1) is 8.33. The molecular weight excluding hydrogens is 214 g/mol. The van der Waals surface area contributed by atoms with E-state index >= 15 is 0 Å². The first-order valence-corrected chi connectivity index (χ1v) is 6.45. The molecule has 2 heterocycles. The van der Waals surface area contributed by atoms with E-state index in [1.165, 1.54) is 24.0 Å². The van der Waals surface area contributed by atoms with Gasteiger partial charge in [0.2, 0.25) is 0 Å². The molecule has 0 radical (unpaired) electrons. The molecule has 2 aliphatic rings. The highest BCUT2D eigenvalue weighted by Gasteiger charge is 2.21. The van der Waals surface area contributed by atoms with Crippen molar-refractivity contribution in [2.24, 2.45) is 0 Å². The fourth-order valence-corrected chi connectivity index (χ4v) is 2.73. The monoisotopic (exact) mass is 233 g/mol. The van der Waals surface area contributed by atoms with Gasteiger partial charge in [0.05, 0.1) is 0 Å². The lowest BCUT2D eigenvalue weighted by Crippen LogP contribution is -2.25. The van der Waals surface area contributed by atoms with Crippen molar-refractivity contribution >= 4 is 0 Å². The van der Waals surface area contributed by atoms with Crippen LogP contribution in [0.1, 0.15) is 24.0 Å². The molecule has 1 fully saturated rings. The number of hydrogen-bond acceptors (Lipinski definition) is 3. The van der Waals surface area contributed by atoms with Crippen molar-refractivity contribution in [2.75, 3.05) is 19.8 Å². The standard InChI is InChI=1S/C14H19NO2/c1-10-7-11(9-12-3-2-4-15-12)14-13(8-10)16-5-6-17-14/h7-8,12,15H,2-6,9H2,1H3. The van der Waals surface area contributed by atoms with Crippen molar-refractivity contribution in [3.63, 3.8) is 0 Å². The molecule has 0 aliphatic carbocycles. The molecule has 0 aromatic heterocycles. The Morgan fingerprint density at radius 1 is 1.29 bits per heavy atom. The zero-order chi connectivity index (χ0) is 11.7. The van der Waals surface area contributed by atoms with Crippen molar-refractivity contribution in [2.45, 2.75) is 32.2 Å². The number of benzene rings is 1. The van der Waals surface area contributed by atoms with Gasteiger partial charge in [-0.2, -0.15) is 0 Å². The molecule has 3 heteroatoms. The minimum atomic E-state index is 0.603. The van der Waals surface area contributed by atoms with Crippen LogP contribution in [0.25, 0.3) is 0 Å². The molecule has 1 atom stereocenters. The average Bonchev–Trinajstić information content (AvgIpc) is 2.81. The van der Waals surface area contributed by atoms with Gasteiger partial charge in [-0.1, -0.05) is 6.07 Å². The van der Waals surface area contributed by atoms with Gasteiger partial charge in [0.1, 0.15) is 13.2 Å². The highest BCUT2D eigenvalue weighted by Crippen LogP contribution is 2.36. The van der Waals surface area contributed by atoms with Crippen LogP contribution in [0, 0.1) is 6.92 Å². The van der Waals surface area contributed by atoms with Crippen molar-refractivity contribution in [1.29, 1.82) is 0 Å². The summed E-state index contributed by atoms with van der Waals surface area (Å²) in [5, 5.41) is 3.53. The molecule has 0 spiro atoms. The Morgan fingerprint density at radius 3 is 3.00 bits per heavy atom. The number of ether oxygens (including phenoxy) is 2. The molecule has 0 bridgehead atoms. The zero-order valence-corrected chi connectivity index (χ0v) is 10.3. The quantitative estimate of drug-likeness (QED) is 0.848. The molecule has 92 valence electrons. The summed E-state index contributed by atoms with van der Waals surface area (Å²) < 4.78 is 11.4. The van der Waals surface area contributed by atoms with Gasteiger partial charge in [0.25, 0.3) is 0 Å². The van der Waals surface area contributed by atoms with Crippen LogP contribution in [0.15, 0.2) is 12.1 Å². The van der Waals surface area contributed by atoms with E-state index in [1.54, 1.807) is 0 Å². The molecule has 0 amide bonds. The molecule has 1 aromatic rings. The van der Waals surface area contributed by atoms with Gasteiger partial charge in [-0.25, -0.2) is 0 Å². The maximum Gasteiger partial charge on any atom is 0.164 e. The summed E-state index contributed by atoms with van der Waals surface area (Å²) in [6, 6.07) is 4.90. The molecule has 2 aliphatic heterocycles. The third-order valence-electron chi connectivity index (χ3n) is 3.49. The maximum absolute atomic E-state index is 5.77. The van der Waals surface area contributed by atoms with Gasteiger partial charge in [-0.05, 0) is 49.9 Å². The lowest BCUT2D eigenvalue weighted by Gasteiger charge is -2.23. The molecule has 17 heavy (non-hydrogen) atoms. The van der Waals surface area contributed by atoms with Crippen molar-refractivity contribution < 1.29 is 9.47 Å². The van der Waals surface area contributed by atoms with Crippen LogP contribution in [-0.4, -0.2) is 25.8 Å². The van der Waals surface area contributed by atoms with E-state index in [1.807, 2.05) is 0 Å². The summed E-state index contributed by atoms with van der Waals surface area (Å²) in [5.41, 5.74) is 2.54. The highest BCUT2D eigenvalue weighted by atomic mass is 16.6. The molecule has 3 rings (SSSR count). The minimum Gasteiger partial charge on any atom is -0.486 e.